The van der Waals surface area contributed by atoms with Gasteiger partial charge in [0.05, 0.1) is 6.10 Å². The first-order valence-electron chi connectivity index (χ1n) is 6.51. The summed E-state index contributed by atoms with van der Waals surface area (Å²) in [6.07, 6.45) is 8.61. The molecule has 94 valence electrons. The van der Waals surface area contributed by atoms with Crippen LogP contribution in [0.2, 0.25) is 0 Å². The standard InChI is InChI=1S/C15H18N2O/c1-11-9-16-7-5-12(11)10-17-8-6-13-14(17)3-2-4-15(13)18/h5-9,15,18H,2-4,10H2,1H3. The van der Waals surface area contributed by atoms with E-state index < -0.39 is 0 Å². The molecule has 0 spiro atoms. The Bertz CT molecular complexity index is 559. The van der Waals surface area contributed by atoms with Gasteiger partial charge in [-0.1, -0.05) is 0 Å². The van der Waals surface area contributed by atoms with Crippen molar-refractivity contribution in [1.82, 2.24) is 9.55 Å². The first-order valence-corrected chi connectivity index (χ1v) is 6.51. The number of hydrogen-bond acceptors (Lipinski definition) is 2. The van der Waals surface area contributed by atoms with Gasteiger partial charge in [-0.05, 0) is 49.4 Å². The Balaban J connectivity index is 1.92. The predicted molar refractivity (Wildman–Crippen MR) is 70.4 cm³/mol. The van der Waals surface area contributed by atoms with Gasteiger partial charge in [-0.2, -0.15) is 0 Å². The minimum atomic E-state index is -0.270. The van der Waals surface area contributed by atoms with Gasteiger partial charge in [0.1, 0.15) is 0 Å². The second-order valence-electron chi connectivity index (χ2n) is 5.06. The summed E-state index contributed by atoms with van der Waals surface area (Å²) in [7, 11) is 0. The van der Waals surface area contributed by atoms with Crippen molar-refractivity contribution in [2.75, 3.05) is 0 Å². The topological polar surface area (TPSA) is 38.0 Å². The third-order valence-corrected chi connectivity index (χ3v) is 3.84. The molecule has 18 heavy (non-hydrogen) atoms. The molecular formula is C15H18N2O. The van der Waals surface area contributed by atoms with E-state index in [4.69, 9.17) is 0 Å². The zero-order valence-corrected chi connectivity index (χ0v) is 10.6. The summed E-state index contributed by atoms with van der Waals surface area (Å²) in [6, 6.07) is 4.14. The Kier molecular flexibility index (Phi) is 2.92. The second kappa shape index (κ2) is 4.58. The highest BCUT2D eigenvalue weighted by Gasteiger charge is 2.21. The zero-order valence-electron chi connectivity index (χ0n) is 10.6. The quantitative estimate of drug-likeness (QED) is 0.879. The van der Waals surface area contributed by atoms with Crippen molar-refractivity contribution in [1.29, 1.82) is 0 Å². The van der Waals surface area contributed by atoms with Crippen molar-refractivity contribution in [3.63, 3.8) is 0 Å². The minimum absolute atomic E-state index is 0.270. The lowest BCUT2D eigenvalue weighted by molar-refractivity contribution is 0.156. The molecule has 0 saturated heterocycles. The predicted octanol–water partition coefficient (Wildman–Crippen LogP) is 2.61. The van der Waals surface area contributed by atoms with Gasteiger partial charge >= 0.3 is 0 Å². The number of aromatic nitrogens is 2. The van der Waals surface area contributed by atoms with Crippen LogP contribution in [0.1, 0.15) is 41.3 Å². The van der Waals surface area contributed by atoms with Crippen LogP contribution < -0.4 is 0 Å². The summed E-state index contributed by atoms with van der Waals surface area (Å²) in [6.45, 7) is 2.96. The van der Waals surface area contributed by atoms with Crippen LogP contribution in [-0.4, -0.2) is 14.7 Å². The zero-order chi connectivity index (χ0) is 12.5. The van der Waals surface area contributed by atoms with Gasteiger partial charge in [0.25, 0.3) is 0 Å². The molecule has 3 rings (SSSR count). The molecule has 1 atom stereocenters. The molecule has 0 radical (unpaired) electrons. The van der Waals surface area contributed by atoms with Gasteiger partial charge in [0.15, 0.2) is 0 Å². The fourth-order valence-corrected chi connectivity index (χ4v) is 2.74. The van der Waals surface area contributed by atoms with E-state index in [0.29, 0.717) is 0 Å². The molecule has 0 aliphatic heterocycles. The number of aliphatic hydroxyl groups is 1. The van der Waals surface area contributed by atoms with E-state index in [1.54, 1.807) is 0 Å². The summed E-state index contributed by atoms with van der Waals surface area (Å²) < 4.78 is 2.26. The van der Waals surface area contributed by atoms with Crippen molar-refractivity contribution < 1.29 is 5.11 Å². The molecule has 2 heterocycles. The Morgan fingerprint density at radius 2 is 2.33 bits per heavy atom. The number of nitrogens with zero attached hydrogens (tertiary/aromatic N) is 2. The highest BCUT2D eigenvalue weighted by atomic mass is 16.3. The van der Waals surface area contributed by atoms with Crippen LogP contribution >= 0.6 is 0 Å². The molecule has 0 bridgehead atoms. The average Bonchev–Trinajstić information content (AvgIpc) is 2.77. The molecule has 0 fully saturated rings. The molecule has 0 saturated carbocycles. The maximum Gasteiger partial charge on any atom is 0.0807 e. The monoisotopic (exact) mass is 242 g/mol. The molecule has 2 aromatic rings. The molecular weight excluding hydrogens is 224 g/mol. The molecule has 0 amide bonds. The number of rotatable bonds is 2. The molecule has 1 aliphatic rings. The summed E-state index contributed by atoms with van der Waals surface area (Å²) in [5.74, 6) is 0. The SMILES string of the molecule is Cc1cnccc1Cn1ccc2c1CCCC2O. The van der Waals surface area contributed by atoms with E-state index in [0.717, 1.165) is 31.4 Å². The van der Waals surface area contributed by atoms with Crippen LogP contribution in [0.4, 0.5) is 0 Å². The molecule has 1 unspecified atom stereocenters. The number of pyridine rings is 1. The molecule has 1 N–H and O–H groups in total. The lowest BCUT2D eigenvalue weighted by Crippen LogP contribution is -2.12. The van der Waals surface area contributed by atoms with E-state index in [1.807, 2.05) is 12.4 Å². The smallest absolute Gasteiger partial charge is 0.0807 e. The van der Waals surface area contributed by atoms with Crippen molar-refractivity contribution in [2.45, 2.75) is 38.8 Å². The minimum Gasteiger partial charge on any atom is -0.388 e. The van der Waals surface area contributed by atoms with Crippen LogP contribution in [0, 0.1) is 6.92 Å². The van der Waals surface area contributed by atoms with Crippen LogP contribution in [0.5, 0.6) is 0 Å². The fourth-order valence-electron chi connectivity index (χ4n) is 2.74. The van der Waals surface area contributed by atoms with Gasteiger partial charge in [-0.15, -0.1) is 0 Å². The first kappa shape index (κ1) is 11.5. The normalized spacial score (nSPS) is 18.7. The maximum absolute atomic E-state index is 9.97. The number of hydrogen-bond donors (Lipinski definition) is 1. The third kappa shape index (κ3) is 1.95. The number of aryl methyl sites for hydroxylation is 1. The summed E-state index contributed by atoms with van der Waals surface area (Å²) in [5, 5.41) is 9.97. The Morgan fingerprint density at radius 3 is 3.17 bits per heavy atom. The fraction of sp³-hybridized carbons (Fsp3) is 0.400. The largest absolute Gasteiger partial charge is 0.388 e. The van der Waals surface area contributed by atoms with Crippen molar-refractivity contribution in [3.05, 3.63) is 53.1 Å². The summed E-state index contributed by atoms with van der Waals surface area (Å²) in [5.41, 5.74) is 4.93. The van der Waals surface area contributed by atoms with Crippen molar-refractivity contribution >= 4 is 0 Å². The third-order valence-electron chi connectivity index (χ3n) is 3.84. The summed E-state index contributed by atoms with van der Waals surface area (Å²) in [4.78, 5) is 4.12. The van der Waals surface area contributed by atoms with Gasteiger partial charge in [-0.25, -0.2) is 0 Å². The van der Waals surface area contributed by atoms with Crippen molar-refractivity contribution in [3.8, 4) is 0 Å². The number of aliphatic hydroxyl groups excluding tert-OH is 1. The number of fused-ring (bicyclic) bond motifs is 1. The molecule has 3 heteroatoms. The van der Waals surface area contributed by atoms with E-state index >= 15 is 0 Å². The Hall–Kier alpha value is -1.61. The van der Waals surface area contributed by atoms with Crippen molar-refractivity contribution in [2.24, 2.45) is 0 Å². The van der Waals surface area contributed by atoms with Crippen LogP contribution in [-0.2, 0) is 13.0 Å². The maximum atomic E-state index is 9.97. The first-order chi connectivity index (χ1) is 8.75. The molecule has 0 aromatic carbocycles. The van der Waals surface area contributed by atoms with Gasteiger partial charge in [0.2, 0.25) is 0 Å². The van der Waals surface area contributed by atoms with Gasteiger partial charge < -0.3 is 9.67 Å². The van der Waals surface area contributed by atoms with Crippen LogP contribution in [0.15, 0.2) is 30.7 Å². The lowest BCUT2D eigenvalue weighted by atomic mass is 9.95. The highest BCUT2D eigenvalue weighted by molar-refractivity contribution is 5.30. The second-order valence-corrected chi connectivity index (χ2v) is 5.06. The Morgan fingerprint density at radius 1 is 1.44 bits per heavy atom. The van der Waals surface area contributed by atoms with E-state index in [2.05, 4.69) is 34.8 Å². The van der Waals surface area contributed by atoms with E-state index in [1.165, 1.54) is 16.8 Å². The van der Waals surface area contributed by atoms with E-state index in [9.17, 15) is 5.11 Å². The average molecular weight is 242 g/mol. The van der Waals surface area contributed by atoms with Gasteiger partial charge in [-0.3, -0.25) is 4.98 Å². The van der Waals surface area contributed by atoms with Crippen LogP contribution in [0.3, 0.4) is 0 Å². The molecule has 3 nitrogen and oxygen atoms in total. The van der Waals surface area contributed by atoms with Gasteiger partial charge in [0, 0.05) is 36.4 Å². The molecule has 2 aromatic heterocycles. The van der Waals surface area contributed by atoms with Crippen LogP contribution in [0.25, 0.3) is 0 Å². The van der Waals surface area contributed by atoms with E-state index in [-0.39, 0.29) is 6.10 Å². The summed E-state index contributed by atoms with van der Waals surface area (Å²) >= 11 is 0. The Labute approximate surface area is 107 Å². The molecule has 1 aliphatic carbocycles. The highest BCUT2D eigenvalue weighted by Crippen LogP contribution is 2.30. The lowest BCUT2D eigenvalue weighted by Gasteiger charge is -2.20.